The van der Waals surface area contributed by atoms with E-state index in [2.05, 4.69) is 19.2 Å². The number of carbonyl (C=O) groups is 1. The van der Waals surface area contributed by atoms with Crippen molar-refractivity contribution in [3.05, 3.63) is 20.8 Å². The van der Waals surface area contributed by atoms with Crippen LogP contribution in [0.3, 0.4) is 0 Å². The number of rotatable bonds is 5. The molecule has 2 aromatic rings. The summed E-state index contributed by atoms with van der Waals surface area (Å²) in [5, 5.41) is 4.46. The molecule has 0 fully saturated rings. The Kier molecular flexibility index (Phi) is 6.54. The fourth-order valence-corrected chi connectivity index (χ4v) is 5.83. The van der Waals surface area contributed by atoms with Crippen LogP contribution < -0.4 is 10.9 Å². The van der Waals surface area contributed by atoms with E-state index in [1.54, 1.807) is 11.3 Å². The molecule has 7 heteroatoms. The summed E-state index contributed by atoms with van der Waals surface area (Å²) < 4.78 is 1.81. The number of aryl methyl sites for hydroxylation is 2. The van der Waals surface area contributed by atoms with Gasteiger partial charge in [0.1, 0.15) is 4.83 Å². The molecule has 2 heterocycles. The van der Waals surface area contributed by atoms with Crippen molar-refractivity contribution >= 4 is 39.2 Å². The average molecular weight is 422 g/mol. The average Bonchev–Trinajstić information content (AvgIpc) is 2.79. The van der Waals surface area contributed by atoms with E-state index in [0.29, 0.717) is 5.16 Å². The highest BCUT2D eigenvalue weighted by atomic mass is 32.2. The van der Waals surface area contributed by atoms with Gasteiger partial charge in [0.05, 0.1) is 11.1 Å². The van der Waals surface area contributed by atoms with E-state index in [4.69, 9.17) is 4.98 Å². The molecule has 0 radical (unpaired) electrons. The molecular formula is C21H31N3O2S2. The van der Waals surface area contributed by atoms with Crippen LogP contribution in [-0.2, 0) is 17.6 Å². The van der Waals surface area contributed by atoms with Crippen LogP contribution in [0.4, 0.5) is 0 Å². The highest BCUT2D eigenvalue weighted by Crippen LogP contribution is 2.34. The second-order valence-electron chi connectivity index (χ2n) is 8.66. The van der Waals surface area contributed by atoms with Crippen LogP contribution in [0.1, 0.15) is 76.8 Å². The molecule has 0 saturated heterocycles. The minimum atomic E-state index is -0.267. The molecule has 0 spiro atoms. The van der Waals surface area contributed by atoms with Crippen LogP contribution >= 0.6 is 23.1 Å². The number of nitrogens with one attached hydrogen (secondary N) is 1. The van der Waals surface area contributed by atoms with Crippen molar-refractivity contribution in [2.24, 2.45) is 0 Å². The zero-order valence-corrected chi connectivity index (χ0v) is 19.2. The van der Waals surface area contributed by atoms with Crippen molar-refractivity contribution in [2.75, 3.05) is 5.75 Å². The molecule has 2 aromatic heterocycles. The van der Waals surface area contributed by atoms with Crippen LogP contribution in [0.15, 0.2) is 9.95 Å². The first-order valence-electron chi connectivity index (χ1n) is 10.2. The van der Waals surface area contributed by atoms with Crippen LogP contribution in [0, 0.1) is 0 Å². The smallest absolute Gasteiger partial charge is 0.263 e. The van der Waals surface area contributed by atoms with Crippen molar-refractivity contribution in [1.29, 1.82) is 0 Å². The van der Waals surface area contributed by atoms with E-state index in [-0.39, 0.29) is 28.8 Å². The normalized spacial score (nSPS) is 15.9. The molecule has 5 nitrogen and oxygen atoms in total. The largest absolute Gasteiger partial charge is 0.351 e. The zero-order chi connectivity index (χ0) is 20.5. The first kappa shape index (κ1) is 21.4. The van der Waals surface area contributed by atoms with Gasteiger partial charge in [0.25, 0.3) is 5.56 Å². The summed E-state index contributed by atoms with van der Waals surface area (Å²) in [5.41, 5.74) is 1.03. The van der Waals surface area contributed by atoms with E-state index in [1.807, 2.05) is 25.3 Å². The van der Waals surface area contributed by atoms with Crippen LogP contribution in [-0.4, -0.2) is 26.8 Å². The van der Waals surface area contributed by atoms with Crippen molar-refractivity contribution in [1.82, 2.24) is 14.9 Å². The van der Waals surface area contributed by atoms with Crippen LogP contribution in [0.25, 0.3) is 10.2 Å². The van der Waals surface area contributed by atoms with Gasteiger partial charge in [-0.3, -0.25) is 14.2 Å². The summed E-state index contributed by atoms with van der Waals surface area (Å²) in [6, 6.07) is 0.0545. The first-order valence-corrected chi connectivity index (χ1v) is 12.0. The summed E-state index contributed by atoms with van der Waals surface area (Å²) >= 11 is 3.04. The maximum absolute atomic E-state index is 13.5. The predicted molar refractivity (Wildman–Crippen MR) is 119 cm³/mol. The fraction of sp³-hybridized carbons (Fsp3) is 0.667. The van der Waals surface area contributed by atoms with Crippen molar-refractivity contribution < 1.29 is 4.79 Å². The maximum atomic E-state index is 13.5. The second kappa shape index (κ2) is 8.57. The number of nitrogens with zero attached hydrogens (tertiary/aromatic N) is 2. The Bertz CT molecular complexity index is 924. The summed E-state index contributed by atoms with van der Waals surface area (Å²) in [5.74, 6) is 0.223. The lowest BCUT2D eigenvalue weighted by Gasteiger charge is -2.21. The van der Waals surface area contributed by atoms with E-state index >= 15 is 0 Å². The number of hydrogen-bond acceptors (Lipinski definition) is 5. The predicted octanol–water partition coefficient (Wildman–Crippen LogP) is 4.70. The molecule has 1 aliphatic carbocycles. The molecule has 3 rings (SSSR count). The molecule has 1 atom stereocenters. The van der Waals surface area contributed by atoms with Crippen molar-refractivity contribution in [3.8, 4) is 0 Å². The number of fused-ring (bicyclic) bond motifs is 3. The minimum absolute atomic E-state index is 0.0375. The van der Waals surface area contributed by atoms with Crippen LogP contribution in [0.2, 0.25) is 0 Å². The Labute approximate surface area is 175 Å². The molecule has 154 valence electrons. The molecule has 1 amide bonds. The number of thiophene rings is 1. The standard InChI is InChI=1S/C21H31N3O2S2/c1-6-13(2)24-19(26)17-14-10-8-7-9-11-15(14)28-18(17)22-20(24)27-12-16(25)23-21(3,4)5/h13H,6-12H2,1-5H3,(H,23,25). The van der Waals surface area contributed by atoms with E-state index in [1.165, 1.54) is 35.0 Å². The van der Waals surface area contributed by atoms with Gasteiger partial charge in [-0.15, -0.1) is 11.3 Å². The Morgan fingerprint density at radius 2 is 2.00 bits per heavy atom. The van der Waals surface area contributed by atoms with Gasteiger partial charge >= 0.3 is 0 Å². The highest BCUT2D eigenvalue weighted by molar-refractivity contribution is 7.99. The fourth-order valence-electron chi connectivity index (χ4n) is 3.63. The van der Waals surface area contributed by atoms with Gasteiger partial charge in [0.2, 0.25) is 5.91 Å². The van der Waals surface area contributed by atoms with Gasteiger partial charge < -0.3 is 5.32 Å². The Morgan fingerprint density at radius 3 is 2.68 bits per heavy atom. The number of amides is 1. The lowest BCUT2D eigenvalue weighted by atomic mass is 10.1. The van der Waals surface area contributed by atoms with Crippen LogP contribution in [0.5, 0.6) is 0 Å². The molecule has 1 N–H and O–H groups in total. The SMILES string of the molecule is CCC(C)n1c(SCC(=O)NC(C)(C)C)nc2sc3c(c2c1=O)CCCCC3. The van der Waals surface area contributed by atoms with Gasteiger partial charge in [-0.2, -0.15) is 0 Å². The van der Waals surface area contributed by atoms with Gasteiger partial charge in [0.15, 0.2) is 5.16 Å². The molecule has 28 heavy (non-hydrogen) atoms. The van der Waals surface area contributed by atoms with Crippen molar-refractivity contribution in [2.45, 2.75) is 89.9 Å². The number of carbonyl (C=O) groups excluding carboxylic acids is 1. The van der Waals surface area contributed by atoms with Gasteiger partial charge in [-0.05, 0) is 65.4 Å². The number of aromatic nitrogens is 2. The maximum Gasteiger partial charge on any atom is 0.263 e. The molecule has 1 aliphatic rings. The zero-order valence-electron chi connectivity index (χ0n) is 17.6. The van der Waals surface area contributed by atoms with Crippen molar-refractivity contribution in [3.63, 3.8) is 0 Å². The molecule has 0 aromatic carbocycles. The first-order chi connectivity index (χ1) is 13.2. The van der Waals surface area contributed by atoms with Gasteiger partial charge in [-0.25, -0.2) is 4.98 Å². The van der Waals surface area contributed by atoms with E-state index in [9.17, 15) is 9.59 Å². The molecule has 0 bridgehead atoms. The molecule has 0 saturated carbocycles. The van der Waals surface area contributed by atoms with E-state index in [0.717, 1.165) is 35.9 Å². The third-order valence-corrected chi connectivity index (χ3v) is 7.26. The summed E-state index contributed by atoms with van der Waals surface area (Å²) in [6.45, 7) is 10.0. The quantitative estimate of drug-likeness (QED) is 0.432. The van der Waals surface area contributed by atoms with E-state index < -0.39 is 0 Å². The number of thioether (sulfide) groups is 1. The molecule has 1 unspecified atom stereocenters. The lowest BCUT2D eigenvalue weighted by Crippen LogP contribution is -2.41. The number of hydrogen-bond donors (Lipinski definition) is 1. The highest BCUT2D eigenvalue weighted by Gasteiger charge is 2.24. The molecular weight excluding hydrogens is 390 g/mol. The Morgan fingerprint density at radius 1 is 1.29 bits per heavy atom. The monoisotopic (exact) mass is 421 g/mol. The van der Waals surface area contributed by atoms with Gasteiger partial charge in [-0.1, -0.05) is 25.1 Å². The topological polar surface area (TPSA) is 64.0 Å². The summed E-state index contributed by atoms with van der Waals surface area (Å²) in [7, 11) is 0. The third kappa shape index (κ3) is 4.62. The summed E-state index contributed by atoms with van der Waals surface area (Å²) in [6.07, 6.45) is 6.44. The summed E-state index contributed by atoms with van der Waals surface area (Å²) in [4.78, 5) is 32.8. The molecule has 0 aliphatic heterocycles. The van der Waals surface area contributed by atoms with Gasteiger partial charge in [0, 0.05) is 16.5 Å². The second-order valence-corrected chi connectivity index (χ2v) is 10.7. The Hall–Kier alpha value is -1.34. The minimum Gasteiger partial charge on any atom is -0.351 e. The third-order valence-electron chi connectivity index (χ3n) is 5.12. The Balaban J connectivity index is 2.02. The lowest BCUT2D eigenvalue weighted by molar-refractivity contribution is -0.119.